The van der Waals surface area contributed by atoms with Gasteiger partial charge in [-0.1, -0.05) is 109 Å². The maximum atomic E-state index is 12.7. The van der Waals surface area contributed by atoms with Crippen LogP contribution in [0.4, 0.5) is 0 Å². The second-order valence-electron chi connectivity index (χ2n) is 9.91. The lowest BCUT2D eigenvalue weighted by atomic mass is 10.2. The molecule has 0 aliphatic carbocycles. The molecule has 7 heteroatoms. The highest BCUT2D eigenvalue weighted by molar-refractivity contribution is 7.03. The Morgan fingerprint density at radius 3 is 1.19 bits per heavy atom. The zero-order valence-electron chi connectivity index (χ0n) is 22.0. The molecule has 2 unspecified atom stereocenters. The first-order valence-electron chi connectivity index (χ1n) is 12.5. The van der Waals surface area contributed by atoms with Crippen LogP contribution in [0, 0.1) is 0 Å². The Morgan fingerprint density at radius 2 is 0.838 bits per heavy atom. The molecule has 2 N–H and O–H groups in total. The van der Waals surface area contributed by atoms with Gasteiger partial charge in [0.2, 0.25) is 0 Å². The van der Waals surface area contributed by atoms with Gasteiger partial charge < -0.3 is 23.5 Å². The van der Waals surface area contributed by atoms with Crippen molar-refractivity contribution in [3.63, 3.8) is 0 Å². The second kappa shape index (κ2) is 11.7. The molecule has 0 heterocycles. The molecule has 4 aromatic rings. The number of rotatable bonds is 10. The lowest BCUT2D eigenvalue weighted by Gasteiger charge is -2.37. The highest BCUT2D eigenvalue weighted by Crippen LogP contribution is 2.17. The fourth-order valence-electron chi connectivity index (χ4n) is 4.74. The summed E-state index contributed by atoms with van der Waals surface area (Å²) in [4.78, 5) is 29.6. The van der Waals surface area contributed by atoms with Crippen LogP contribution in [-0.2, 0) is 17.2 Å². The zero-order chi connectivity index (χ0) is 26.5. The third kappa shape index (κ3) is 6.00. The predicted molar refractivity (Wildman–Crippen MR) is 156 cm³/mol. The highest BCUT2D eigenvalue weighted by Gasteiger charge is 2.52. The van der Waals surface area contributed by atoms with Crippen molar-refractivity contribution in [3.05, 3.63) is 120 Å². The first kappa shape index (κ1) is 27.2. The standard InChI is InChI=1S/C30H36N2O3Si2/c1-31(2)23-25-15-11-13-21-29(25)36(33,27-17-7-5-8-18-27)35-37(34,28-19-9-6-10-20-28)30-22-14-12-16-26(30)24-32(3)4/h5-22,33-34H,23-24H2,1-4H3. The molecule has 0 amide bonds. The summed E-state index contributed by atoms with van der Waals surface area (Å²) in [5, 5.41) is 2.91. The predicted octanol–water partition coefficient (Wildman–Crippen LogP) is 1.62. The van der Waals surface area contributed by atoms with Gasteiger partial charge in [0.15, 0.2) is 0 Å². The van der Waals surface area contributed by atoms with E-state index in [-0.39, 0.29) is 0 Å². The molecule has 192 valence electrons. The third-order valence-electron chi connectivity index (χ3n) is 6.36. The van der Waals surface area contributed by atoms with Crippen molar-refractivity contribution in [2.45, 2.75) is 13.1 Å². The lowest BCUT2D eigenvalue weighted by molar-refractivity contribution is 0.344. The summed E-state index contributed by atoms with van der Waals surface area (Å²) in [6.07, 6.45) is 0. The summed E-state index contributed by atoms with van der Waals surface area (Å²) in [5.41, 5.74) is 1.97. The molecule has 4 rings (SSSR count). The van der Waals surface area contributed by atoms with Gasteiger partial charge in [-0.25, -0.2) is 0 Å². The van der Waals surface area contributed by atoms with Gasteiger partial charge in [-0.15, -0.1) is 0 Å². The van der Waals surface area contributed by atoms with Crippen LogP contribution in [-0.4, -0.2) is 64.7 Å². The van der Waals surface area contributed by atoms with E-state index in [2.05, 4.69) is 9.80 Å². The maximum absolute atomic E-state index is 12.7. The third-order valence-corrected chi connectivity index (χ3v) is 13.4. The van der Waals surface area contributed by atoms with Gasteiger partial charge in [0.1, 0.15) is 0 Å². The molecule has 0 spiro atoms. The Balaban J connectivity index is 1.97. The average molecular weight is 529 g/mol. The molecule has 0 saturated heterocycles. The summed E-state index contributed by atoms with van der Waals surface area (Å²) in [5.74, 6) is 0. The van der Waals surface area contributed by atoms with Gasteiger partial charge in [0, 0.05) is 23.5 Å². The van der Waals surface area contributed by atoms with Crippen LogP contribution in [0.15, 0.2) is 109 Å². The SMILES string of the molecule is CN(C)Cc1ccccc1[Si](O)(O[Si](O)(c1ccccc1)c1ccccc1CN(C)C)c1ccccc1. The Bertz CT molecular complexity index is 1200. The Hall–Kier alpha value is -2.89. The van der Waals surface area contributed by atoms with Crippen molar-refractivity contribution in [2.24, 2.45) is 0 Å². The van der Waals surface area contributed by atoms with Gasteiger partial charge in [-0.3, -0.25) is 0 Å². The van der Waals surface area contributed by atoms with Crippen molar-refractivity contribution in [3.8, 4) is 0 Å². The van der Waals surface area contributed by atoms with E-state index in [0.717, 1.165) is 21.5 Å². The molecule has 0 radical (unpaired) electrons. The van der Waals surface area contributed by atoms with Gasteiger partial charge in [-0.05, 0) is 49.7 Å². The largest absolute Gasteiger partial charge is 0.404 e. The lowest BCUT2D eigenvalue weighted by Crippen LogP contribution is -2.74. The second-order valence-corrected chi connectivity index (χ2v) is 15.5. The van der Waals surface area contributed by atoms with Crippen molar-refractivity contribution in [1.29, 1.82) is 0 Å². The van der Waals surface area contributed by atoms with E-state index in [1.165, 1.54) is 0 Å². The van der Waals surface area contributed by atoms with E-state index in [9.17, 15) is 9.59 Å². The number of benzene rings is 4. The molecular formula is C30H36N2O3Si2. The molecule has 0 bridgehead atoms. The number of nitrogens with zero attached hydrogens (tertiary/aromatic N) is 2. The van der Waals surface area contributed by atoms with Crippen LogP contribution in [0.2, 0.25) is 0 Å². The zero-order valence-corrected chi connectivity index (χ0v) is 24.0. The van der Waals surface area contributed by atoms with Gasteiger partial charge in [0.05, 0.1) is 0 Å². The minimum Gasteiger partial charge on any atom is -0.404 e. The van der Waals surface area contributed by atoms with Crippen LogP contribution < -0.4 is 20.7 Å². The van der Waals surface area contributed by atoms with Crippen LogP contribution >= 0.6 is 0 Å². The fourth-order valence-corrected chi connectivity index (χ4v) is 12.0. The molecule has 0 fully saturated rings. The Labute approximate surface area is 222 Å². The van der Waals surface area contributed by atoms with Crippen LogP contribution in [0.5, 0.6) is 0 Å². The molecule has 0 aromatic heterocycles. The van der Waals surface area contributed by atoms with Gasteiger partial charge in [-0.2, -0.15) is 0 Å². The fraction of sp³-hybridized carbons (Fsp3) is 0.200. The van der Waals surface area contributed by atoms with E-state index >= 15 is 0 Å². The van der Waals surface area contributed by atoms with E-state index in [1.54, 1.807) is 0 Å². The van der Waals surface area contributed by atoms with Crippen LogP contribution in [0.25, 0.3) is 0 Å². The van der Waals surface area contributed by atoms with E-state index < -0.39 is 17.1 Å². The quantitative estimate of drug-likeness (QED) is 0.307. The Kier molecular flexibility index (Phi) is 8.56. The molecular weight excluding hydrogens is 493 g/mol. The van der Waals surface area contributed by atoms with Crippen molar-refractivity contribution < 1.29 is 13.7 Å². The van der Waals surface area contributed by atoms with E-state index in [1.807, 2.05) is 137 Å². The van der Waals surface area contributed by atoms with Gasteiger partial charge in [0.25, 0.3) is 0 Å². The van der Waals surface area contributed by atoms with Crippen LogP contribution in [0.3, 0.4) is 0 Å². The summed E-state index contributed by atoms with van der Waals surface area (Å²) >= 11 is 0. The summed E-state index contributed by atoms with van der Waals surface area (Å²) in [6.45, 7) is 1.29. The maximum Gasteiger partial charge on any atom is 0.396 e. The molecule has 4 aromatic carbocycles. The average Bonchev–Trinajstić information content (AvgIpc) is 2.89. The molecule has 0 saturated carbocycles. The number of hydrogen-bond acceptors (Lipinski definition) is 5. The smallest absolute Gasteiger partial charge is 0.396 e. The number of hydrogen-bond donors (Lipinski definition) is 2. The first-order chi connectivity index (χ1) is 17.7. The minimum atomic E-state index is -3.91. The van der Waals surface area contributed by atoms with E-state index in [4.69, 9.17) is 4.12 Å². The molecule has 0 aliphatic heterocycles. The Morgan fingerprint density at radius 1 is 0.514 bits per heavy atom. The summed E-state index contributed by atoms with van der Waals surface area (Å²) in [6, 6.07) is 34.9. The van der Waals surface area contributed by atoms with Crippen molar-refractivity contribution >= 4 is 37.9 Å². The summed E-state index contributed by atoms with van der Waals surface area (Å²) in [7, 11) is 0.218. The molecule has 37 heavy (non-hydrogen) atoms. The first-order valence-corrected chi connectivity index (χ1v) is 16.2. The normalized spacial score (nSPS) is 14.9. The van der Waals surface area contributed by atoms with Crippen LogP contribution in [0.1, 0.15) is 11.1 Å². The molecule has 0 aliphatic rings. The van der Waals surface area contributed by atoms with Crippen molar-refractivity contribution in [1.82, 2.24) is 9.80 Å². The minimum absolute atomic E-state index is 0.643. The van der Waals surface area contributed by atoms with Crippen molar-refractivity contribution in [2.75, 3.05) is 28.2 Å². The molecule has 2 atom stereocenters. The van der Waals surface area contributed by atoms with E-state index in [0.29, 0.717) is 23.5 Å². The monoisotopic (exact) mass is 528 g/mol. The summed E-state index contributed by atoms with van der Waals surface area (Å²) < 4.78 is 6.97. The van der Waals surface area contributed by atoms with Gasteiger partial charge >= 0.3 is 17.1 Å². The topological polar surface area (TPSA) is 56.2 Å². The highest BCUT2D eigenvalue weighted by atomic mass is 28.5. The molecule has 5 nitrogen and oxygen atoms in total.